The maximum Gasteiger partial charge on any atom is 0.227 e. The van der Waals surface area contributed by atoms with Crippen LogP contribution in [0, 0.1) is 0 Å². The van der Waals surface area contributed by atoms with Crippen LogP contribution >= 0.6 is 0 Å². The lowest BCUT2D eigenvalue weighted by atomic mass is 10.1. The van der Waals surface area contributed by atoms with Crippen LogP contribution in [0.1, 0.15) is 38.6 Å². The van der Waals surface area contributed by atoms with E-state index in [0.717, 1.165) is 36.9 Å². The van der Waals surface area contributed by atoms with E-state index >= 15 is 0 Å². The minimum atomic E-state index is 0.461. The van der Waals surface area contributed by atoms with Crippen molar-refractivity contribution in [3.8, 4) is 11.4 Å². The van der Waals surface area contributed by atoms with Crippen LogP contribution in [0.15, 0.2) is 23.0 Å². The van der Waals surface area contributed by atoms with Gasteiger partial charge in [0, 0.05) is 30.4 Å². The fourth-order valence-electron chi connectivity index (χ4n) is 2.18. The molecule has 0 aromatic carbocycles. The molecule has 5 heteroatoms. The van der Waals surface area contributed by atoms with Gasteiger partial charge in [-0.15, -0.1) is 0 Å². The monoisotopic (exact) mass is 274 g/mol. The second-order valence-corrected chi connectivity index (χ2v) is 4.90. The molecule has 2 aromatic rings. The number of nitrogens with one attached hydrogen (secondary N) is 1. The molecule has 0 saturated carbocycles. The van der Waals surface area contributed by atoms with Crippen LogP contribution in [0.4, 0.5) is 0 Å². The van der Waals surface area contributed by atoms with Gasteiger partial charge < -0.3 is 9.84 Å². The summed E-state index contributed by atoms with van der Waals surface area (Å²) >= 11 is 0. The molecule has 0 amide bonds. The zero-order chi connectivity index (χ0) is 14.4. The first-order valence-corrected chi connectivity index (χ1v) is 7.23. The fourth-order valence-corrected chi connectivity index (χ4v) is 2.18. The first-order chi connectivity index (χ1) is 9.74. The third kappa shape index (κ3) is 3.63. The van der Waals surface area contributed by atoms with Crippen molar-refractivity contribution in [2.75, 3.05) is 6.54 Å². The van der Waals surface area contributed by atoms with Crippen LogP contribution in [0.2, 0.25) is 0 Å². The zero-order valence-electron chi connectivity index (χ0n) is 12.4. The van der Waals surface area contributed by atoms with E-state index in [1.165, 1.54) is 0 Å². The standard InChI is InChI=1S/C15H22N4O/c1-4-12-10-16-9-8-13(12)15-18-14(20-19-15)7-6-11(3)17-5-2/h8-11,17H,4-7H2,1-3H3. The molecular formula is C15H22N4O. The Morgan fingerprint density at radius 1 is 1.35 bits per heavy atom. The van der Waals surface area contributed by atoms with Gasteiger partial charge in [0.2, 0.25) is 11.7 Å². The van der Waals surface area contributed by atoms with Gasteiger partial charge in [-0.05, 0) is 37.9 Å². The highest BCUT2D eigenvalue weighted by atomic mass is 16.5. The first-order valence-electron chi connectivity index (χ1n) is 7.23. The van der Waals surface area contributed by atoms with Gasteiger partial charge in [-0.3, -0.25) is 4.98 Å². The lowest BCUT2D eigenvalue weighted by Crippen LogP contribution is -2.25. The van der Waals surface area contributed by atoms with E-state index in [9.17, 15) is 0 Å². The minimum Gasteiger partial charge on any atom is -0.339 e. The molecular weight excluding hydrogens is 252 g/mol. The van der Waals surface area contributed by atoms with Crippen molar-refractivity contribution in [2.45, 2.75) is 46.1 Å². The largest absolute Gasteiger partial charge is 0.339 e. The molecule has 0 radical (unpaired) electrons. The summed E-state index contributed by atoms with van der Waals surface area (Å²) in [5.41, 5.74) is 2.15. The van der Waals surface area contributed by atoms with Gasteiger partial charge in [-0.2, -0.15) is 4.98 Å². The second-order valence-electron chi connectivity index (χ2n) is 4.90. The molecule has 1 unspecified atom stereocenters. The number of aryl methyl sites for hydroxylation is 2. The van der Waals surface area contributed by atoms with Crippen molar-refractivity contribution < 1.29 is 4.52 Å². The first kappa shape index (κ1) is 14.7. The third-order valence-electron chi connectivity index (χ3n) is 3.34. The number of hydrogen-bond donors (Lipinski definition) is 1. The fraction of sp³-hybridized carbons (Fsp3) is 0.533. The van der Waals surface area contributed by atoms with E-state index in [4.69, 9.17) is 4.52 Å². The lowest BCUT2D eigenvalue weighted by Gasteiger charge is -2.09. The molecule has 0 bridgehead atoms. The number of pyridine rings is 1. The molecule has 1 N–H and O–H groups in total. The topological polar surface area (TPSA) is 63.8 Å². The molecule has 0 aliphatic carbocycles. The minimum absolute atomic E-state index is 0.461. The third-order valence-corrected chi connectivity index (χ3v) is 3.34. The predicted octanol–water partition coefficient (Wildman–Crippen LogP) is 2.62. The molecule has 0 spiro atoms. The Balaban J connectivity index is 2.05. The summed E-state index contributed by atoms with van der Waals surface area (Å²) in [4.78, 5) is 8.62. The number of aromatic nitrogens is 3. The van der Waals surface area contributed by atoms with Crippen LogP contribution in [-0.4, -0.2) is 27.7 Å². The van der Waals surface area contributed by atoms with E-state index < -0.39 is 0 Å². The Morgan fingerprint density at radius 3 is 2.95 bits per heavy atom. The summed E-state index contributed by atoms with van der Waals surface area (Å²) < 4.78 is 5.34. The highest BCUT2D eigenvalue weighted by molar-refractivity contribution is 5.58. The molecule has 0 fully saturated rings. The molecule has 108 valence electrons. The molecule has 1 atom stereocenters. The molecule has 0 aliphatic heterocycles. The van der Waals surface area contributed by atoms with Crippen LogP contribution in [0.5, 0.6) is 0 Å². The van der Waals surface area contributed by atoms with Crippen LogP contribution in [-0.2, 0) is 12.8 Å². The average molecular weight is 274 g/mol. The van der Waals surface area contributed by atoms with Crippen molar-refractivity contribution in [3.63, 3.8) is 0 Å². The van der Waals surface area contributed by atoms with Crippen molar-refractivity contribution in [1.29, 1.82) is 0 Å². The molecule has 2 heterocycles. The zero-order valence-corrected chi connectivity index (χ0v) is 12.4. The van der Waals surface area contributed by atoms with E-state index in [1.807, 2.05) is 12.3 Å². The maximum absolute atomic E-state index is 5.34. The summed E-state index contributed by atoms with van der Waals surface area (Å²) in [6, 6.07) is 2.40. The number of nitrogens with zero attached hydrogens (tertiary/aromatic N) is 3. The molecule has 20 heavy (non-hydrogen) atoms. The average Bonchev–Trinajstić information content (AvgIpc) is 2.94. The quantitative estimate of drug-likeness (QED) is 0.841. The molecule has 0 saturated heterocycles. The van der Waals surface area contributed by atoms with E-state index in [1.54, 1.807) is 6.20 Å². The maximum atomic E-state index is 5.34. The molecule has 0 aliphatic rings. The summed E-state index contributed by atoms with van der Waals surface area (Å²) in [5.74, 6) is 1.36. The van der Waals surface area contributed by atoms with Gasteiger partial charge in [0.1, 0.15) is 0 Å². The van der Waals surface area contributed by atoms with Crippen molar-refractivity contribution >= 4 is 0 Å². The smallest absolute Gasteiger partial charge is 0.227 e. The number of hydrogen-bond acceptors (Lipinski definition) is 5. The van der Waals surface area contributed by atoms with Gasteiger partial charge in [-0.25, -0.2) is 0 Å². The summed E-state index contributed by atoms with van der Waals surface area (Å²) in [7, 11) is 0. The Bertz CT molecular complexity index is 538. The summed E-state index contributed by atoms with van der Waals surface area (Å²) in [6.45, 7) is 7.35. The Kier molecular flexibility index (Phi) is 5.24. The van der Waals surface area contributed by atoms with Crippen LogP contribution in [0.25, 0.3) is 11.4 Å². The Hall–Kier alpha value is -1.75. The van der Waals surface area contributed by atoms with E-state index in [2.05, 4.69) is 41.2 Å². The summed E-state index contributed by atoms with van der Waals surface area (Å²) in [5, 5.41) is 7.46. The van der Waals surface area contributed by atoms with Gasteiger partial charge >= 0.3 is 0 Å². The summed E-state index contributed by atoms with van der Waals surface area (Å²) in [6.07, 6.45) is 6.32. The highest BCUT2D eigenvalue weighted by Gasteiger charge is 2.12. The molecule has 2 rings (SSSR count). The lowest BCUT2D eigenvalue weighted by molar-refractivity contribution is 0.368. The van der Waals surface area contributed by atoms with Crippen LogP contribution < -0.4 is 5.32 Å². The Morgan fingerprint density at radius 2 is 2.20 bits per heavy atom. The van der Waals surface area contributed by atoms with E-state index in [0.29, 0.717) is 17.8 Å². The van der Waals surface area contributed by atoms with Crippen molar-refractivity contribution in [3.05, 3.63) is 29.9 Å². The van der Waals surface area contributed by atoms with E-state index in [-0.39, 0.29) is 0 Å². The van der Waals surface area contributed by atoms with Crippen LogP contribution in [0.3, 0.4) is 0 Å². The Labute approximate surface area is 119 Å². The normalized spacial score (nSPS) is 12.6. The van der Waals surface area contributed by atoms with Gasteiger partial charge in [0.25, 0.3) is 0 Å². The molecule has 5 nitrogen and oxygen atoms in total. The number of rotatable bonds is 7. The predicted molar refractivity (Wildman–Crippen MR) is 78.4 cm³/mol. The SMILES string of the molecule is CCNC(C)CCc1nc(-c2ccncc2CC)no1. The van der Waals surface area contributed by atoms with Crippen molar-refractivity contribution in [2.24, 2.45) is 0 Å². The van der Waals surface area contributed by atoms with Crippen molar-refractivity contribution in [1.82, 2.24) is 20.4 Å². The van der Waals surface area contributed by atoms with Gasteiger partial charge in [-0.1, -0.05) is 19.0 Å². The highest BCUT2D eigenvalue weighted by Crippen LogP contribution is 2.20. The van der Waals surface area contributed by atoms with Gasteiger partial charge in [0.05, 0.1) is 0 Å². The molecule has 2 aromatic heterocycles. The van der Waals surface area contributed by atoms with Gasteiger partial charge in [0.15, 0.2) is 0 Å². The second kappa shape index (κ2) is 7.14.